The van der Waals surface area contributed by atoms with Gasteiger partial charge in [-0.15, -0.1) is 0 Å². The van der Waals surface area contributed by atoms with E-state index >= 15 is 0 Å². The number of aryl methyl sites for hydroxylation is 2. The average molecular weight is 466 g/mol. The number of amides is 3. The number of hydrogen-bond donors (Lipinski definition) is 2. The van der Waals surface area contributed by atoms with Crippen LogP contribution in [-0.2, 0) is 37.2 Å². The maximum Gasteiger partial charge on any atom is 0.321 e. The third-order valence-corrected chi connectivity index (χ3v) is 7.71. The molecule has 3 amide bonds. The Labute approximate surface area is 188 Å². The Morgan fingerprint density at radius 1 is 1.06 bits per heavy atom. The molecule has 9 nitrogen and oxygen atoms in total. The van der Waals surface area contributed by atoms with Crippen molar-refractivity contribution in [1.82, 2.24) is 14.9 Å². The maximum atomic E-state index is 13.0. The number of urea groups is 1. The lowest BCUT2D eigenvalue weighted by Crippen LogP contribution is -2.47. The van der Waals surface area contributed by atoms with Gasteiger partial charge in [-0.2, -0.15) is 4.31 Å². The van der Waals surface area contributed by atoms with E-state index in [9.17, 15) is 22.8 Å². The first-order valence-corrected chi connectivity index (χ1v) is 12.5. The van der Waals surface area contributed by atoms with Crippen molar-refractivity contribution in [2.75, 3.05) is 13.1 Å². The molecular weight excluding hydrogens is 434 g/mol. The molecule has 2 aliphatic rings. The number of sulfonamides is 1. The predicted molar refractivity (Wildman–Crippen MR) is 117 cm³/mol. The van der Waals surface area contributed by atoms with E-state index in [0.717, 1.165) is 24.8 Å². The van der Waals surface area contributed by atoms with E-state index in [1.54, 1.807) is 26.0 Å². The lowest BCUT2D eigenvalue weighted by molar-refractivity contribution is -0.159. The number of rotatable bonds is 6. The zero-order valence-electron chi connectivity index (χ0n) is 18.7. The molecule has 1 heterocycles. The zero-order chi connectivity index (χ0) is 23.5. The summed E-state index contributed by atoms with van der Waals surface area (Å²) in [5, 5.41) is 4.65. The molecule has 1 atom stereocenters. The molecule has 10 heteroatoms. The van der Waals surface area contributed by atoms with Crippen molar-refractivity contribution in [3.05, 3.63) is 29.3 Å². The van der Waals surface area contributed by atoms with Crippen molar-refractivity contribution in [3.63, 3.8) is 0 Å². The molecule has 1 unspecified atom stereocenters. The molecule has 0 saturated carbocycles. The molecule has 3 rings (SSSR count). The highest BCUT2D eigenvalue weighted by atomic mass is 32.2. The van der Waals surface area contributed by atoms with Gasteiger partial charge in [0.25, 0.3) is 5.91 Å². The summed E-state index contributed by atoms with van der Waals surface area (Å²) in [6.07, 6.45) is 2.43. The van der Waals surface area contributed by atoms with E-state index in [4.69, 9.17) is 4.74 Å². The monoisotopic (exact) mass is 465 g/mol. The molecule has 1 saturated heterocycles. The summed E-state index contributed by atoms with van der Waals surface area (Å²) in [5.74, 6) is -1.78. The average Bonchev–Trinajstić information content (AvgIpc) is 3.21. The second-order valence-corrected chi connectivity index (χ2v) is 10.6. The summed E-state index contributed by atoms with van der Waals surface area (Å²) in [6, 6.07) is 4.54. The Bertz CT molecular complexity index is 983. The second kappa shape index (κ2) is 9.99. The Morgan fingerprint density at radius 3 is 2.38 bits per heavy atom. The fourth-order valence-electron chi connectivity index (χ4n) is 4.03. The van der Waals surface area contributed by atoms with Gasteiger partial charge in [-0.25, -0.2) is 13.2 Å². The molecule has 0 aromatic heterocycles. The van der Waals surface area contributed by atoms with E-state index in [2.05, 4.69) is 10.6 Å². The highest BCUT2D eigenvalue weighted by molar-refractivity contribution is 7.89. The second-order valence-electron chi connectivity index (χ2n) is 8.66. The quantitative estimate of drug-likeness (QED) is 0.617. The number of esters is 1. The smallest absolute Gasteiger partial charge is 0.321 e. The van der Waals surface area contributed by atoms with Gasteiger partial charge in [-0.1, -0.05) is 6.07 Å². The Morgan fingerprint density at radius 2 is 1.72 bits per heavy atom. The Hall–Kier alpha value is -2.46. The van der Waals surface area contributed by atoms with Gasteiger partial charge in [0.05, 0.1) is 10.8 Å². The van der Waals surface area contributed by atoms with Crippen molar-refractivity contribution in [3.8, 4) is 0 Å². The van der Waals surface area contributed by atoms with Gasteiger partial charge >= 0.3 is 12.0 Å². The first kappa shape index (κ1) is 24.2. The third-order valence-electron chi connectivity index (χ3n) is 5.81. The summed E-state index contributed by atoms with van der Waals surface area (Å²) < 4.78 is 32.7. The van der Waals surface area contributed by atoms with Crippen LogP contribution in [0, 0.1) is 5.92 Å². The highest BCUT2D eigenvalue weighted by Crippen LogP contribution is 2.29. The lowest BCUT2D eigenvalue weighted by Gasteiger charge is -2.30. The van der Waals surface area contributed by atoms with Crippen LogP contribution in [0.3, 0.4) is 0 Å². The number of nitrogens with zero attached hydrogens (tertiary/aromatic N) is 1. The van der Waals surface area contributed by atoms with Crippen LogP contribution in [0.4, 0.5) is 4.79 Å². The SMILES string of the molecule is CC(C)NC(=O)NC(=O)C(C)OC(=O)C1CCN(S(=O)(=O)c2ccc3c(c2)CCC3)CC1. The molecule has 32 heavy (non-hydrogen) atoms. The van der Waals surface area contributed by atoms with Gasteiger partial charge in [-0.05, 0) is 76.1 Å². The molecule has 1 aliphatic heterocycles. The summed E-state index contributed by atoms with van der Waals surface area (Å²) in [5.41, 5.74) is 2.31. The van der Waals surface area contributed by atoms with E-state index in [1.165, 1.54) is 16.8 Å². The molecule has 0 bridgehead atoms. The Balaban J connectivity index is 1.52. The van der Waals surface area contributed by atoms with Crippen molar-refractivity contribution in [2.45, 2.75) is 69.9 Å². The number of hydrogen-bond acceptors (Lipinski definition) is 6. The number of nitrogens with one attached hydrogen (secondary N) is 2. The van der Waals surface area contributed by atoms with E-state index < -0.39 is 40.0 Å². The van der Waals surface area contributed by atoms with Gasteiger partial charge in [0.1, 0.15) is 0 Å². The maximum absolute atomic E-state index is 13.0. The van der Waals surface area contributed by atoms with Crippen LogP contribution < -0.4 is 10.6 Å². The van der Waals surface area contributed by atoms with Gasteiger partial charge in [0.15, 0.2) is 6.10 Å². The fourth-order valence-corrected chi connectivity index (χ4v) is 5.55. The largest absolute Gasteiger partial charge is 0.452 e. The van der Waals surface area contributed by atoms with Crippen LogP contribution >= 0.6 is 0 Å². The van der Waals surface area contributed by atoms with Crippen molar-refractivity contribution in [1.29, 1.82) is 0 Å². The number of imide groups is 1. The number of piperidine rings is 1. The molecule has 2 N–H and O–H groups in total. The normalized spacial score (nSPS) is 18.1. The molecule has 1 aromatic rings. The molecule has 1 fully saturated rings. The molecular formula is C22H31N3O6S. The van der Waals surface area contributed by atoms with Crippen LogP contribution in [0.15, 0.2) is 23.1 Å². The number of carbonyl (C=O) groups excluding carboxylic acids is 3. The topological polar surface area (TPSA) is 122 Å². The van der Waals surface area contributed by atoms with E-state index in [1.807, 2.05) is 6.07 Å². The van der Waals surface area contributed by atoms with Crippen molar-refractivity contribution >= 4 is 27.9 Å². The number of ether oxygens (including phenoxy) is 1. The Kier molecular flexibility index (Phi) is 7.55. The predicted octanol–water partition coefficient (Wildman–Crippen LogP) is 1.74. The summed E-state index contributed by atoms with van der Waals surface area (Å²) in [7, 11) is -3.62. The molecule has 176 valence electrons. The number of fused-ring (bicyclic) bond motifs is 1. The standard InChI is InChI=1S/C22H31N3O6S/c1-14(2)23-22(28)24-20(26)15(3)31-21(27)17-9-11-25(12-10-17)32(29,30)19-8-7-16-5-4-6-18(16)13-19/h7-8,13-15,17H,4-6,9-12H2,1-3H3,(H2,23,24,26,28). The molecule has 0 spiro atoms. The first-order chi connectivity index (χ1) is 15.1. The minimum absolute atomic E-state index is 0.140. The van der Waals surface area contributed by atoms with Crippen LogP contribution in [0.2, 0.25) is 0 Å². The molecule has 1 aromatic carbocycles. The van der Waals surface area contributed by atoms with Gasteiger partial charge in [0.2, 0.25) is 10.0 Å². The minimum Gasteiger partial charge on any atom is -0.452 e. The fraction of sp³-hybridized carbons (Fsp3) is 0.591. The molecule has 1 aliphatic carbocycles. The van der Waals surface area contributed by atoms with Gasteiger partial charge in [-0.3, -0.25) is 14.9 Å². The van der Waals surface area contributed by atoms with Gasteiger partial charge in [0, 0.05) is 19.1 Å². The van der Waals surface area contributed by atoms with E-state index in [-0.39, 0.29) is 19.1 Å². The summed E-state index contributed by atoms with van der Waals surface area (Å²) in [6.45, 7) is 5.31. The highest BCUT2D eigenvalue weighted by Gasteiger charge is 2.34. The van der Waals surface area contributed by atoms with Crippen LogP contribution in [0.1, 0.15) is 51.2 Å². The van der Waals surface area contributed by atoms with Crippen LogP contribution in [0.5, 0.6) is 0 Å². The summed E-state index contributed by atoms with van der Waals surface area (Å²) >= 11 is 0. The zero-order valence-corrected chi connectivity index (χ0v) is 19.5. The third kappa shape index (κ3) is 5.66. The van der Waals surface area contributed by atoms with Crippen molar-refractivity contribution < 1.29 is 27.5 Å². The first-order valence-electron chi connectivity index (χ1n) is 11.0. The number of carbonyl (C=O) groups is 3. The number of benzene rings is 1. The van der Waals surface area contributed by atoms with E-state index in [0.29, 0.717) is 17.7 Å². The minimum atomic E-state index is -3.62. The summed E-state index contributed by atoms with van der Waals surface area (Å²) in [4.78, 5) is 36.4. The van der Waals surface area contributed by atoms with Gasteiger partial charge < -0.3 is 10.1 Å². The lowest BCUT2D eigenvalue weighted by atomic mass is 9.98. The van der Waals surface area contributed by atoms with Crippen LogP contribution in [0.25, 0.3) is 0 Å². The van der Waals surface area contributed by atoms with Crippen LogP contribution in [-0.4, -0.2) is 55.9 Å². The molecule has 0 radical (unpaired) electrons. The van der Waals surface area contributed by atoms with Crippen molar-refractivity contribution in [2.24, 2.45) is 5.92 Å².